The van der Waals surface area contributed by atoms with Crippen LogP contribution in [0.1, 0.15) is 24.1 Å². The molecule has 0 saturated heterocycles. The van der Waals surface area contributed by atoms with Gasteiger partial charge in [0.2, 0.25) is 0 Å². The molecule has 2 aromatic carbocycles. The Labute approximate surface area is 168 Å². The van der Waals surface area contributed by atoms with Gasteiger partial charge in [-0.3, -0.25) is 4.98 Å². The Hall–Kier alpha value is -3.29. The minimum atomic E-state index is 0.640. The fourth-order valence-electron chi connectivity index (χ4n) is 3.75. The average Bonchev–Trinajstić information content (AvgIpc) is 2.77. The highest BCUT2D eigenvalue weighted by Gasteiger charge is 2.27. The predicted molar refractivity (Wildman–Crippen MR) is 113 cm³/mol. The zero-order valence-corrected chi connectivity index (χ0v) is 16.0. The summed E-state index contributed by atoms with van der Waals surface area (Å²) in [5, 5.41) is 9.31. The van der Waals surface area contributed by atoms with Crippen molar-refractivity contribution in [2.24, 2.45) is 0 Å². The van der Waals surface area contributed by atoms with Crippen molar-refractivity contribution in [3.05, 3.63) is 96.0 Å². The number of rotatable bonds is 2. The largest absolute Gasteiger partial charge is 0.308 e. The lowest BCUT2D eigenvalue weighted by Crippen LogP contribution is -2.21. The summed E-state index contributed by atoms with van der Waals surface area (Å²) in [5.41, 5.74) is 6.20. The molecular formula is C24H17N3S. The van der Waals surface area contributed by atoms with Crippen molar-refractivity contribution in [1.29, 1.82) is 5.26 Å². The number of nitriles is 1. The lowest BCUT2D eigenvalue weighted by molar-refractivity contribution is 0.992. The molecule has 0 unspecified atom stereocenters. The smallest absolute Gasteiger partial charge is 0.0992 e. The molecule has 0 bridgehead atoms. The average molecular weight is 379 g/mol. The first-order valence-corrected chi connectivity index (χ1v) is 10.1. The first kappa shape index (κ1) is 16.9. The quantitative estimate of drug-likeness (QED) is 0.522. The van der Waals surface area contributed by atoms with E-state index in [0.717, 1.165) is 24.2 Å². The Balaban J connectivity index is 1.76. The number of fused-ring (bicyclic) bond motifs is 2. The maximum absolute atomic E-state index is 9.31. The van der Waals surface area contributed by atoms with Crippen LogP contribution in [0.25, 0.3) is 5.57 Å². The molecule has 3 aromatic rings. The zero-order valence-electron chi connectivity index (χ0n) is 15.2. The lowest BCUT2D eigenvalue weighted by Gasteiger charge is -2.35. The van der Waals surface area contributed by atoms with Gasteiger partial charge in [-0.25, -0.2) is 0 Å². The summed E-state index contributed by atoms with van der Waals surface area (Å²) in [6, 6.07) is 22.9. The van der Waals surface area contributed by atoms with Gasteiger partial charge >= 0.3 is 0 Å². The molecule has 134 valence electrons. The Morgan fingerprint density at radius 3 is 2.39 bits per heavy atom. The molecule has 0 atom stereocenters. The molecule has 0 saturated carbocycles. The highest BCUT2D eigenvalue weighted by atomic mass is 32.2. The van der Waals surface area contributed by atoms with Crippen LogP contribution in [0.4, 0.5) is 11.4 Å². The Morgan fingerprint density at radius 2 is 1.68 bits per heavy atom. The first-order chi connectivity index (χ1) is 13.8. The van der Waals surface area contributed by atoms with Crippen molar-refractivity contribution in [3.8, 4) is 6.07 Å². The number of benzene rings is 2. The number of hydrogen-bond donors (Lipinski definition) is 0. The highest BCUT2D eigenvalue weighted by molar-refractivity contribution is 7.99. The van der Waals surface area contributed by atoms with E-state index in [1.165, 1.54) is 26.7 Å². The van der Waals surface area contributed by atoms with Crippen LogP contribution in [0.5, 0.6) is 0 Å². The Morgan fingerprint density at radius 1 is 0.964 bits per heavy atom. The summed E-state index contributed by atoms with van der Waals surface area (Å²) < 4.78 is 0. The monoisotopic (exact) mass is 379 g/mol. The molecule has 5 rings (SSSR count). The van der Waals surface area contributed by atoms with Crippen LogP contribution in [0.2, 0.25) is 0 Å². The summed E-state index contributed by atoms with van der Waals surface area (Å²) in [6.07, 6.45) is 8.03. The van der Waals surface area contributed by atoms with Gasteiger partial charge in [-0.1, -0.05) is 42.1 Å². The number of hydrogen-bond acceptors (Lipinski definition) is 4. The molecule has 1 aromatic heterocycles. The molecule has 0 N–H and O–H groups in total. The van der Waals surface area contributed by atoms with Crippen molar-refractivity contribution < 1.29 is 0 Å². The van der Waals surface area contributed by atoms with E-state index in [1.807, 2.05) is 6.07 Å². The second-order valence-corrected chi connectivity index (χ2v) is 7.80. The first-order valence-electron chi connectivity index (χ1n) is 9.27. The van der Waals surface area contributed by atoms with Crippen molar-refractivity contribution in [2.75, 3.05) is 4.90 Å². The van der Waals surface area contributed by atoms with E-state index < -0.39 is 0 Å². The maximum Gasteiger partial charge on any atom is 0.0992 e. The molecule has 0 fully saturated rings. The molecule has 1 aliphatic heterocycles. The molecule has 1 aliphatic carbocycles. The Kier molecular flexibility index (Phi) is 4.23. The SMILES string of the molecule is N#Cc1ccnc(C2=C(N3c4ccccc4Sc4ccccc43)C=CCC2)c1. The van der Waals surface area contributed by atoms with Crippen LogP contribution in [0, 0.1) is 11.3 Å². The number of pyridine rings is 1. The molecule has 3 nitrogen and oxygen atoms in total. The van der Waals surface area contributed by atoms with E-state index in [-0.39, 0.29) is 0 Å². The summed E-state index contributed by atoms with van der Waals surface area (Å²) in [5.74, 6) is 0. The van der Waals surface area contributed by atoms with Gasteiger partial charge in [0.15, 0.2) is 0 Å². The second-order valence-electron chi connectivity index (χ2n) is 6.72. The number of para-hydroxylation sites is 2. The highest BCUT2D eigenvalue weighted by Crippen LogP contribution is 2.51. The summed E-state index contributed by atoms with van der Waals surface area (Å²) in [7, 11) is 0. The van der Waals surface area contributed by atoms with E-state index in [4.69, 9.17) is 0 Å². The fraction of sp³-hybridized carbons (Fsp3) is 0.0833. The van der Waals surface area contributed by atoms with Crippen molar-refractivity contribution in [3.63, 3.8) is 0 Å². The molecule has 2 aliphatic rings. The van der Waals surface area contributed by atoms with Gasteiger partial charge in [0.1, 0.15) is 0 Å². The summed E-state index contributed by atoms with van der Waals surface area (Å²) >= 11 is 1.81. The fourth-order valence-corrected chi connectivity index (χ4v) is 4.81. The van der Waals surface area contributed by atoms with Crippen LogP contribution < -0.4 is 4.90 Å². The van der Waals surface area contributed by atoms with Gasteiger partial charge in [0, 0.05) is 21.6 Å². The zero-order chi connectivity index (χ0) is 18.9. The number of nitrogens with zero attached hydrogens (tertiary/aromatic N) is 3. The number of aromatic nitrogens is 1. The standard InChI is InChI=1S/C24H17N3S/c25-16-17-13-14-26-19(15-17)18-7-1-2-8-20(18)27-21-9-3-5-11-23(21)28-24-12-6-4-10-22(24)27/h2-6,8-15H,1,7H2. The van der Waals surface area contributed by atoms with Crippen LogP contribution >= 0.6 is 11.8 Å². The minimum absolute atomic E-state index is 0.640. The molecule has 0 amide bonds. The minimum Gasteiger partial charge on any atom is -0.308 e. The van der Waals surface area contributed by atoms with Gasteiger partial charge in [0.05, 0.1) is 34.4 Å². The number of allylic oxidation sites excluding steroid dienone is 3. The topological polar surface area (TPSA) is 39.9 Å². The summed E-state index contributed by atoms with van der Waals surface area (Å²) in [6.45, 7) is 0. The van der Waals surface area contributed by atoms with Crippen LogP contribution in [0.3, 0.4) is 0 Å². The van der Waals surface area contributed by atoms with E-state index >= 15 is 0 Å². The van der Waals surface area contributed by atoms with E-state index in [1.54, 1.807) is 24.0 Å². The van der Waals surface area contributed by atoms with E-state index in [0.29, 0.717) is 5.56 Å². The predicted octanol–water partition coefficient (Wildman–Crippen LogP) is 6.32. The van der Waals surface area contributed by atoms with Crippen molar-refractivity contribution in [1.82, 2.24) is 4.98 Å². The second kappa shape index (κ2) is 7.03. The summed E-state index contributed by atoms with van der Waals surface area (Å²) in [4.78, 5) is 9.42. The van der Waals surface area contributed by atoms with Crippen LogP contribution in [0.15, 0.2) is 94.5 Å². The maximum atomic E-state index is 9.31. The lowest BCUT2D eigenvalue weighted by atomic mass is 9.96. The van der Waals surface area contributed by atoms with Gasteiger partial charge in [-0.05, 0) is 55.3 Å². The normalized spacial score (nSPS) is 15.0. The van der Waals surface area contributed by atoms with Gasteiger partial charge < -0.3 is 4.90 Å². The van der Waals surface area contributed by atoms with Crippen LogP contribution in [-0.4, -0.2) is 4.98 Å². The van der Waals surface area contributed by atoms with Crippen LogP contribution in [-0.2, 0) is 0 Å². The molecule has 4 heteroatoms. The molecular weight excluding hydrogens is 362 g/mol. The molecule has 28 heavy (non-hydrogen) atoms. The third-order valence-electron chi connectivity index (χ3n) is 5.02. The van der Waals surface area contributed by atoms with Gasteiger partial charge in [-0.2, -0.15) is 5.26 Å². The van der Waals surface area contributed by atoms with Gasteiger partial charge in [0.25, 0.3) is 0 Å². The molecule has 2 heterocycles. The van der Waals surface area contributed by atoms with Crippen molar-refractivity contribution in [2.45, 2.75) is 22.6 Å². The molecule has 0 spiro atoms. The number of anilines is 2. The Bertz CT molecular complexity index is 1120. The third kappa shape index (κ3) is 2.81. The van der Waals surface area contributed by atoms with Crippen molar-refractivity contribution >= 4 is 28.7 Å². The van der Waals surface area contributed by atoms with Gasteiger partial charge in [-0.15, -0.1) is 0 Å². The third-order valence-corrected chi connectivity index (χ3v) is 6.15. The molecule has 0 radical (unpaired) electrons. The van der Waals surface area contributed by atoms with E-state index in [9.17, 15) is 5.26 Å². The van der Waals surface area contributed by atoms with E-state index in [2.05, 4.69) is 76.6 Å².